The summed E-state index contributed by atoms with van der Waals surface area (Å²) in [6.45, 7) is 2.92. The van der Waals surface area contributed by atoms with E-state index in [9.17, 15) is 9.59 Å². The first-order chi connectivity index (χ1) is 9.58. The second kappa shape index (κ2) is 4.62. The quantitative estimate of drug-likeness (QED) is 0.811. The summed E-state index contributed by atoms with van der Waals surface area (Å²) in [7, 11) is 0. The van der Waals surface area contributed by atoms with Crippen molar-refractivity contribution in [2.45, 2.75) is 19.8 Å². The summed E-state index contributed by atoms with van der Waals surface area (Å²) in [5.41, 5.74) is 0.484. The third-order valence-electron chi connectivity index (χ3n) is 3.57. The van der Waals surface area contributed by atoms with Crippen LogP contribution in [0.2, 0.25) is 0 Å². The number of rotatable bonds is 3. The van der Waals surface area contributed by atoms with Gasteiger partial charge in [-0.15, -0.1) is 0 Å². The zero-order valence-corrected chi connectivity index (χ0v) is 11.0. The highest BCUT2D eigenvalue weighted by Gasteiger charge is 2.29. The molecule has 1 fully saturated rings. The molecule has 1 atom stereocenters. The molecule has 0 amide bonds. The normalized spacial score (nSPS) is 18.9. The van der Waals surface area contributed by atoms with E-state index in [-0.39, 0.29) is 11.5 Å². The number of nitrogens with one attached hydrogen (secondary N) is 1. The molecule has 2 aromatic rings. The Labute approximate surface area is 114 Å². The Morgan fingerprint density at radius 3 is 3.00 bits per heavy atom. The monoisotopic (exact) mass is 277 g/mol. The standard InChI is InChI=1S/C12H15N5O3/c1-2-8-5-9(18)17-11(13-8)14-12(15-17)16-4-3-7(6-16)10(19)20/h5,7H,2-4,6H2,1H3,(H,19,20)(H,13,14,15)/t7-/m0/s1. The minimum Gasteiger partial charge on any atom is -0.481 e. The predicted octanol–water partition coefficient (Wildman–Crippen LogP) is -0.109. The first-order valence-corrected chi connectivity index (χ1v) is 6.55. The number of aromatic amines is 1. The van der Waals surface area contributed by atoms with Gasteiger partial charge in [0.25, 0.3) is 11.3 Å². The fraction of sp³-hybridized carbons (Fsp3) is 0.500. The number of aryl methyl sites for hydroxylation is 1. The van der Waals surface area contributed by atoms with E-state index in [1.807, 2.05) is 11.8 Å². The van der Waals surface area contributed by atoms with Crippen LogP contribution in [0.5, 0.6) is 0 Å². The second-order valence-electron chi connectivity index (χ2n) is 4.89. The summed E-state index contributed by atoms with van der Waals surface area (Å²) in [5.74, 6) is -0.374. The largest absolute Gasteiger partial charge is 0.481 e. The Morgan fingerprint density at radius 2 is 2.35 bits per heavy atom. The Bertz CT molecular complexity index is 719. The summed E-state index contributed by atoms with van der Waals surface area (Å²) >= 11 is 0. The number of hydrogen-bond donors (Lipinski definition) is 2. The van der Waals surface area contributed by atoms with Gasteiger partial charge in [-0.2, -0.15) is 9.50 Å². The molecule has 0 unspecified atom stereocenters. The van der Waals surface area contributed by atoms with Crippen molar-refractivity contribution < 1.29 is 9.90 Å². The summed E-state index contributed by atoms with van der Waals surface area (Å²) in [5, 5.41) is 11.9. The van der Waals surface area contributed by atoms with Gasteiger partial charge in [-0.3, -0.25) is 14.7 Å². The highest BCUT2D eigenvalue weighted by atomic mass is 16.4. The molecule has 0 saturated carbocycles. The Kier molecular flexibility index (Phi) is 2.92. The van der Waals surface area contributed by atoms with Crippen LogP contribution in [0.3, 0.4) is 0 Å². The molecule has 2 aromatic heterocycles. The van der Waals surface area contributed by atoms with Gasteiger partial charge in [0.1, 0.15) is 0 Å². The van der Waals surface area contributed by atoms with Gasteiger partial charge < -0.3 is 10.0 Å². The van der Waals surface area contributed by atoms with Gasteiger partial charge in [-0.05, 0) is 12.8 Å². The van der Waals surface area contributed by atoms with Crippen LogP contribution in [0.25, 0.3) is 5.78 Å². The van der Waals surface area contributed by atoms with E-state index in [0.29, 0.717) is 43.4 Å². The molecule has 2 N–H and O–H groups in total. The van der Waals surface area contributed by atoms with Crippen molar-refractivity contribution in [3.63, 3.8) is 0 Å². The van der Waals surface area contributed by atoms with Crippen molar-refractivity contribution in [2.75, 3.05) is 18.0 Å². The van der Waals surface area contributed by atoms with Gasteiger partial charge in [0.05, 0.1) is 5.92 Å². The predicted molar refractivity (Wildman–Crippen MR) is 70.9 cm³/mol. The van der Waals surface area contributed by atoms with Crippen molar-refractivity contribution >= 4 is 17.7 Å². The summed E-state index contributed by atoms with van der Waals surface area (Å²) in [6.07, 6.45) is 1.24. The van der Waals surface area contributed by atoms with E-state index in [4.69, 9.17) is 5.11 Å². The van der Waals surface area contributed by atoms with Crippen LogP contribution < -0.4 is 10.5 Å². The number of aromatic nitrogens is 4. The topological polar surface area (TPSA) is 104 Å². The van der Waals surface area contributed by atoms with Gasteiger partial charge >= 0.3 is 5.97 Å². The fourth-order valence-electron chi connectivity index (χ4n) is 2.39. The molecule has 0 spiro atoms. The van der Waals surface area contributed by atoms with Crippen molar-refractivity contribution in [1.29, 1.82) is 0 Å². The van der Waals surface area contributed by atoms with Gasteiger partial charge in [0.2, 0.25) is 5.95 Å². The number of aliphatic carboxylic acids is 1. The van der Waals surface area contributed by atoms with Gasteiger partial charge in [0, 0.05) is 24.8 Å². The van der Waals surface area contributed by atoms with Crippen molar-refractivity contribution in [1.82, 2.24) is 19.6 Å². The Balaban J connectivity index is 1.96. The van der Waals surface area contributed by atoms with E-state index in [2.05, 4.69) is 15.1 Å². The maximum Gasteiger partial charge on any atom is 0.308 e. The molecule has 1 saturated heterocycles. The lowest BCUT2D eigenvalue weighted by Crippen LogP contribution is -2.24. The van der Waals surface area contributed by atoms with E-state index in [1.165, 1.54) is 10.6 Å². The Morgan fingerprint density at radius 1 is 1.55 bits per heavy atom. The molecule has 8 heteroatoms. The fourth-order valence-corrected chi connectivity index (χ4v) is 2.39. The third-order valence-corrected chi connectivity index (χ3v) is 3.57. The number of carbonyl (C=O) groups is 1. The summed E-state index contributed by atoms with van der Waals surface area (Å²) in [4.78, 5) is 33.3. The lowest BCUT2D eigenvalue weighted by atomic mass is 10.1. The molecule has 0 bridgehead atoms. The van der Waals surface area contributed by atoms with Crippen LogP contribution in [-0.2, 0) is 11.2 Å². The molecule has 1 aliphatic rings. The van der Waals surface area contributed by atoms with E-state index >= 15 is 0 Å². The van der Waals surface area contributed by atoms with Gasteiger partial charge in [-0.1, -0.05) is 6.92 Å². The average Bonchev–Trinajstić information content (AvgIpc) is 3.04. The van der Waals surface area contributed by atoms with Crippen molar-refractivity contribution in [3.05, 3.63) is 22.1 Å². The zero-order chi connectivity index (χ0) is 14.3. The number of carboxylic acid groups (broad SMARTS) is 1. The van der Waals surface area contributed by atoms with Crippen molar-refractivity contribution in [2.24, 2.45) is 5.92 Å². The molecule has 3 rings (SSSR count). The molecule has 106 valence electrons. The van der Waals surface area contributed by atoms with Crippen LogP contribution in [0.1, 0.15) is 19.0 Å². The average molecular weight is 277 g/mol. The number of nitrogens with zero attached hydrogens (tertiary/aromatic N) is 4. The lowest BCUT2D eigenvalue weighted by molar-refractivity contribution is -0.140. The number of anilines is 1. The number of H-pyrrole nitrogens is 1. The summed E-state index contributed by atoms with van der Waals surface area (Å²) < 4.78 is 1.28. The molecular formula is C12H15N5O3. The Hall–Kier alpha value is -2.38. The van der Waals surface area contributed by atoms with Crippen molar-refractivity contribution in [3.8, 4) is 0 Å². The zero-order valence-electron chi connectivity index (χ0n) is 11.0. The van der Waals surface area contributed by atoms with E-state index < -0.39 is 5.97 Å². The molecule has 1 aliphatic heterocycles. The number of hydrogen-bond acceptors (Lipinski definition) is 5. The SMILES string of the molecule is CCc1cc(=O)n2[nH]c(N3CC[C@H](C(=O)O)C3)nc2n1. The van der Waals surface area contributed by atoms with Crippen LogP contribution in [-0.4, -0.2) is 43.7 Å². The molecule has 0 radical (unpaired) electrons. The second-order valence-corrected chi connectivity index (χ2v) is 4.89. The van der Waals surface area contributed by atoms with Gasteiger partial charge in [-0.25, -0.2) is 4.98 Å². The molecule has 0 aliphatic carbocycles. The van der Waals surface area contributed by atoms with E-state index in [0.717, 1.165) is 0 Å². The highest BCUT2D eigenvalue weighted by molar-refractivity contribution is 5.71. The lowest BCUT2D eigenvalue weighted by Gasteiger charge is -2.12. The molecule has 8 nitrogen and oxygen atoms in total. The first kappa shape index (κ1) is 12.6. The minimum absolute atomic E-state index is 0.209. The van der Waals surface area contributed by atoms with Crippen LogP contribution in [0.4, 0.5) is 5.95 Å². The van der Waals surface area contributed by atoms with Crippen LogP contribution >= 0.6 is 0 Å². The van der Waals surface area contributed by atoms with Crippen LogP contribution in [0, 0.1) is 5.92 Å². The number of fused-ring (bicyclic) bond motifs is 1. The smallest absolute Gasteiger partial charge is 0.308 e. The maximum absolute atomic E-state index is 11.9. The number of carboxylic acids is 1. The molecule has 3 heterocycles. The maximum atomic E-state index is 11.9. The first-order valence-electron chi connectivity index (χ1n) is 6.55. The van der Waals surface area contributed by atoms with E-state index in [1.54, 1.807) is 0 Å². The highest BCUT2D eigenvalue weighted by Crippen LogP contribution is 2.21. The minimum atomic E-state index is -0.799. The molecular weight excluding hydrogens is 262 g/mol. The van der Waals surface area contributed by atoms with Crippen LogP contribution in [0.15, 0.2) is 10.9 Å². The molecule has 0 aromatic carbocycles. The van der Waals surface area contributed by atoms with Gasteiger partial charge in [0.15, 0.2) is 0 Å². The molecule has 20 heavy (non-hydrogen) atoms. The third kappa shape index (κ3) is 2.02. The summed E-state index contributed by atoms with van der Waals surface area (Å²) in [6, 6.07) is 1.47.